The first kappa shape index (κ1) is 21.1. The number of methoxy groups -OCH3 is 2. The van der Waals surface area contributed by atoms with E-state index in [4.69, 9.17) is 9.47 Å². The van der Waals surface area contributed by atoms with E-state index in [1.54, 1.807) is 32.4 Å². The highest BCUT2D eigenvalue weighted by Crippen LogP contribution is 2.27. The normalized spacial score (nSPS) is 15.1. The highest BCUT2D eigenvalue weighted by atomic mass is 16.5. The van der Waals surface area contributed by atoms with Crippen LogP contribution in [0.3, 0.4) is 0 Å². The van der Waals surface area contributed by atoms with Gasteiger partial charge < -0.3 is 19.7 Å². The molecule has 1 N–H and O–H groups in total. The van der Waals surface area contributed by atoms with Crippen molar-refractivity contribution < 1.29 is 14.3 Å². The summed E-state index contributed by atoms with van der Waals surface area (Å²) in [6, 6.07) is 15.8. The van der Waals surface area contributed by atoms with E-state index in [1.165, 1.54) is 5.56 Å². The van der Waals surface area contributed by atoms with Crippen molar-refractivity contribution in [2.75, 3.05) is 53.5 Å². The molecule has 156 valence electrons. The molecular formula is C23H31N3O3. The largest absolute Gasteiger partial charge is 0.493 e. The Hall–Kier alpha value is -2.57. The number of nitrogens with one attached hydrogen (secondary N) is 1. The fraction of sp³-hybridized carbons (Fsp3) is 0.435. The average Bonchev–Trinajstić information content (AvgIpc) is 2.77. The third-order valence-electron chi connectivity index (χ3n) is 5.30. The first-order chi connectivity index (χ1) is 14.2. The molecule has 2 aromatic rings. The lowest BCUT2D eigenvalue weighted by molar-refractivity contribution is 0.0946. The predicted octanol–water partition coefficient (Wildman–Crippen LogP) is 2.64. The van der Waals surface area contributed by atoms with Crippen molar-refractivity contribution in [2.45, 2.75) is 13.0 Å². The molecule has 0 saturated carbocycles. The number of piperazine rings is 1. The summed E-state index contributed by atoms with van der Waals surface area (Å²) in [6.07, 6.45) is 0.942. The molecule has 0 radical (unpaired) electrons. The van der Waals surface area contributed by atoms with Crippen molar-refractivity contribution in [2.24, 2.45) is 0 Å². The van der Waals surface area contributed by atoms with Crippen molar-refractivity contribution in [3.63, 3.8) is 0 Å². The maximum atomic E-state index is 12.4. The van der Waals surface area contributed by atoms with E-state index in [0.29, 0.717) is 23.6 Å². The zero-order chi connectivity index (χ0) is 20.5. The highest BCUT2D eigenvalue weighted by Gasteiger charge is 2.16. The molecule has 0 atom stereocenters. The monoisotopic (exact) mass is 397 g/mol. The van der Waals surface area contributed by atoms with Crippen LogP contribution in [0.15, 0.2) is 48.5 Å². The molecule has 2 aromatic carbocycles. The number of amides is 1. The lowest BCUT2D eigenvalue weighted by Gasteiger charge is -2.34. The van der Waals surface area contributed by atoms with Crippen LogP contribution in [0.1, 0.15) is 22.3 Å². The fourth-order valence-electron chi connectivity index (χ4n) is 3.60. The number of carbonyl (C=O) groups excluding carboxylic acids is 1. The Kier molecular flexibility index (Phi) is 7.90. The van der Waals surface area contributed by atoms with Crippen LogP contribution in [-0.2, 0) is 6.54 Å². The second kappa shape index (κ2) is 10.8. The van der Waals surface area contributed by atoms with Crippen molar-refractivity contribution in [3.05, 3.63) is 59.7 Å². The van der Waals surface area contributed by atoms with Crippen LogP contribution in [0, 0.1) is 0 Å². The van der Waals surface area contributed by atoms with Crippen LogP contribution in [0.4, 0.5) is 0 Å². The van der Waals surface area contributed by atoms with Gasteiger partial charge >= 0.3 is 0 Å². The van der Waals surface area contributed by atoms with Gasteiger partial charge in [0.2, 0.25) is 0 Å². The molecule has 1 fully saturated rings. The van der Waals surface area contributed by atoms with Gasteiger partial charge in [-0.05, 0) is 36.7 Å². The molecule has 1 heterocycles. The maximum absolute atomic E-state index is 12.4. The van der Waals surface area contributed by atoms with Crippen molar-refractivity contribution in [3.8, 4) is 11.5 Å². The summed E-state index contributed by atoms with van der Waals surface area (Å²) < 4.78 is 10.5. The molecule has 1 amide bonds. The molecule has 0 unspecified atom stereocenters. The minimum absolute atomic E-state index is 0.0846. The fourth-order valence-corrected chi connectivity index (χ4v) is 3.60. The lowest BCUT2D eigenvalue weighted by Crippen LogP contribution is -2.46. The number of carbonyl (C=O) groups is 1. The van der Waals surface area contributed by atoms with E-state index in [0.717, 1.165) is 45.7 Å². The van der Waals surface area contributed by atoms with Crippen molar-refractivity contribution in [1.82, 2.24) is 15.1 Å². The molecular weight excluding hydrogens is 366 g/mol. The molecule has 0 bridgehead atoms. The van der Waals surface area contributed by atoms with Crippen LogP contribution >= 0.6 is 0 Å². The molecule has 6 nitrogen and oxygen atoms in total. The summed E-state index contributed by atoms with van der Waals surface area (Å²) in [6.45, 7) is 7.03. The Morgan fingerprint density at radius 2 is 1.62 bits per heavy atom. The van der Waals surface area contributed by atoms with Gasteiger partial charge in [-0.3, -0.25) is 9.69 Å². The van der Waals surface area contributed by atoms with Crippen LogP contribution < -0.4 is 14.8 Å². The maximum Gasteiger partial charge on any atom is 0.251 e. The standard InChI is InChI=1S/C23H31N3O3/c1-28-21-10-9-20(17-22(21)29-2)23(27)24-11-6-12-25-13-15-26(16-14-25)18-19-7-4-3-5-8-19/h3-5,7-10,17H,6,11-16,18H2,1-2H3,(H,24,27). The third-order valence-corrected chi connectivity index (χ3v) is 5.30. The van der Waals surface area contributed by atoms with Gasteiger partial charge in [-0.2, -0.15) is 0 Å². The molecule has 3 rings (SSSR count). The summed E-state index contributed by atoms with van der Waals surface area (Å²) in [7, 11) is 3.15. The van der Waals surface area contributed by atoms with Gasteiger partial charge in [0.1, 0.15) is 0 Å². The minimum atomic E-state index is -0.0846. The van der Waals surface area contributed by atoms with Gasteiger partial charge in [-0.1, -0.05) is 30.3 Å². The third kappa shape index (κ3) is 6.21. The Morgan fingerprint density at radius 3 is 2.31 bits per heavy atom. The van der Waals surface area contributed by atoms with Gasteiger partial charge in [0, 0.05) is 44.8 Å². The smallest absolute Gasteiger partial charge is 0.251 e. The first-order valence-electron chi connectivity index (χ1n) is 10.2. The highest BCUT2D eigenvalue weighted by molar-refractivity contribution is 5.94. The van der Waals surface area contributed by atoms with Crippen LogP contribution in [-0.4, -0.2) is 69.2 Å². The number of ether oxygens (including phenoxy) is 2. The number of benzene rings is 2. The summed E-state index contributed by atoms with van der Waals surface area (Å²) in [4.78, 5) is 17.3. The zero-order valence-corrected chi connectivity index (χ0v) is 17.4. The van der Waals surface area contributed by atoms with Gasteiger partial charge in [-0.25, -0.2) is 0 Å². The number of hydrogen-bond donors (Lipinski definition) is 1. The van der Waals surface area contributed by atoms with Gasteiger partial charge in [0.05, 0.1) is 14.2 Å². The number of hydrogen-bond acceptors (Lipinski definition) is 5. The summed E-state index contributed by atoms with van der Waals surface area (Å²) in [5.74, 6) is 1.10. The van der Waals surface area contributed by atoms with Gasteiger partial charge in [0.25, 0.3) is 5.91 Å². The second-order valence-electron chi connectivity index (χ2n) is 7.28. The summed E-state index contributed by atoms with van der Waals surface area (Å²) in [5.41, 5.74) is 1.95. The quantitative estimate of drug-likeness (QED) is 0.660. The van der Waals surface area contributed by atoms with E-state index in [9.17, 15) is 4.79 Å². The van der Waals surface area contributed by atoms with E-state index in [2.05, 4.69) is 45.4 Å². The predicted molar refractivity (Wildman–Crippen MR) is 115 cm³/mol. The summed E-state index contributed by atoms with van der Waals surface area (Å²) >= 11 is 0. The Labute approximate surface area is 173 Å². The van der Waals surface area contributed by atoms with Crippen LogP contribution in [0.2, 0.25) is 0 Å². The van der Waals surface area contributed by atoms with E-state index >= 15 is 0 Å². The topological polar surface area (TPSA) is 54.0 Å². The second-order valence-corrected chi connectivity index (χ2v) is 7.28. The molecule has 0 spiro atoms. The van der Waals surface area contributed by atoms with Crippen molar-refractivity contribution in [1.29, 1.82) is 0 Å². The Balaban J connectivity index is 1.34. The summed E-state index contributed by atoms with van der Waals surface area (Å²) in [5, 5.41) is 3.00. The van der Waals surface area contributed by atoms with E-state index in [1.807, 2.05) is 0 Å². The lowest BCUT2D eigenvalue weighted by atomic mass is 10.2. The molecule has 1 aliphatic rings. The Morgan fingerprint density at radius 1 is 0.931 bits per heavy atom. The molecule has 1 saturated heterocycles. The zero-order valence-electron chi connectivity index (χ0n) is 17.4. The number of rotatable bonds is 9. The van der Waals surface area contributed by atoms with Gasteiger partial charge in [0.15, 0.2) is 11.5 Å². The molecule has 1 aliphatic heterocycles. The Bertz CT molecular complexity index is 774. The number of nitrogens with zero attached hydrogens (tertiary/aromatic N) is 2. The van der Waals surface area contributed by atoms with E-state index < -0.39 is 0 Å². The molecule has 0 aromatic heterocycles. The van der Waals surface area contributed by atoms with Crippen LogP contribution in [0.25, 0.3) is 0 Å². The van der Waals surface area contributed by atoms with Crippen LogP contribution in [0.5, 0.6) is 11.5 Å². The molecule has 0 aliphatic carbocycles. The molecule has 6 heteroatoms. The first-order valence-corrected chi connectivity index (χ1v) is 10.2. The minimum Gasteiger partial charge on any atom is -0.493 e. The molecule has 29 heavy (non-hydrogen) atoms. The SMILES string of the molecule is COc1ccc(C(=O)NCCCN2CCN(Cc3ccccc3)CC2)cc1OC. The van der Waals surface area contributed by atoms with Crippen molar-refractivity contribution >= 4 is 5.91 Å². The van der Waals surface area contributed by atoms with Gasteiger partial charge in [-0.15, -0.1) is 0 Å². The average molecular weight is 398 g/mol. The van der Waals surface area contributed by atoms with E-state index in [-0.39, 0.29) is 5.91 Å².